The van der Waals surface area contributed by atoms with Crippen molar-refractivity contribution in [3.8, 4) is 5.75 Å². The maximum absolute atomic E-state index is 5.51. The van der Waals surface area contributed by atoms with Crippen molar-refractivity contribution >= 4 is 27.9 Å². The molecule has 0 bridgehead atoms. The zero-order valence-electron chi connectivity index (χ0n) is 4.34. The van der Waals surface area contributed by atoms with E-state index in [1.165, 1.54) is 0 Å². The van der Waals surface area contributed by atoms with Crippen molar-refractivity contribution in [3.05, 3.63) is 23.5 Å². The molecule has 0 amide bonds. The standard InChI is InChI=1S/C5H3BrClNO/c6-9-4-1-2-8-5(7)3-4/h1-3H. The molecule has 0 saturated carbocycles. The number of nitrogens with zero attached hydrogens (tertiary/aromatic N) is 1. The lowest BCUT2D eigenvalue weighted by Crippen LogP contribution is -1.75. The summed E-state index contributed by atoms with van der Waals surface area (Å²) in [6.45, 7) is 0. The van der Waals surface area contributed by atoms with Gasteiger partial charge < -0.3 is 3.83 Å². The van der Waals surface area contributed by atoms with Crippen molar-refractivity contribution < 1.29 is 3.83 Å². The van der Waals surface area contributed by atoms with Gasteiger partial charge in [-0.15, -0.1) is 0 Å². The Kier molecular flexibility index (Phi) is 2.30. The first kappa shape index (κ1) is 6.83. The van der Waals surface area contributed by atoms with Crippen LogP contribution < -0.4 is 3.83 Å². The van der Waals surface area contributed by atoms with E-state index in [0.717, 1.165) is 0 Å². The molecule has 0 fully saturated rings. The van der Waals surface area contributed by atoms with Crippen LogP contribution in [0.1, 0.15) is 0 Å². The topological polar surface area (TPSA) is 22.1 Å². The van der Waals surface area contributed by atoms with Gasteiger partial charge in [0.05, 0.1) is 0 Å². The Bertz CT molecular complexity index is 206. The Labute approximate surface area is 66.3 Å². The van der Waals surface area contributed by atoms with Crippen LogP contribution in [0.15, 0.2) is 18.3 Å². The minimum Gasteiger partial charge on any atom is -0.418 e. The lowest BCUT2D eigenvalue weighted by atomic mass is 10.5. The maximum Gasteiger partial charge on any atom is 0.179 e. The quantitative estimate of drug-likeness (QED) is 0.661. The van der Waals surface area contributed by atoms with Gasteiger partial charge in [0.25, 0.3) is 0 Å². The monoisotopic (exact) mass is 207 g/mol. The van der Waals surface area contributed by atoms with Crippen molar-refractivity contribution in [1.82, 2.24) is 4.98 Å². The van der Waals surface area contributed by atoms with Crippen molar-refractivity contribution in [2.24, 2.45) is 0 Å². The second-order valence-electron chi connectivity index (χ2n) is 1.39. The molecule has 0 aromatic carbocycles. The van der Waals surface area contributed by atoms with E-state index in [1.807, 2.05) is 0 Å². The second-order valence-corrected chi connectivity index (χ2v) is 2.10. The number of pyridine rings is 1. The van der Waals surface area contributed by atoms with Gasteiger partial charge in [-0.2, -0.15) is 0 Å². The molecular weight excluding hydrogens is 205 g/mol. The number of hydrogen-bond donors (Lipinski definition) is 0. The van der Waals surface area contributed by atoms with Crippen molar-refractivity contribution in [1.29, 1.82) is 0 Å². The first-order valence-corrected chi connectivity index (χ1v) is 3.25. The number of aromatic nitrogens is 1. The summed E-state index contributed by atoms with van der Waals surface area (Å²) >= 11 is 8.32. The van der Waals surface area contributed by atoms with E-state index < -0.39 is 0 Å². The Morgan fingerprint density at radius 1 is 1.67 bits per heavy atom. The molecule has 48 valence electrons. The van der Waals surface area contributed by atoms with Gasteiger partial charge in [0.1, 0.15) is 10.9 Å². The summed E-state index contributed by atoms with van der Waals surface area (Å²) in [5.74, 6) is 0.648. The summed E-state index contributed by atoms with van der Waals surface area (Å²) in [6, 6.07) is 3.30. The minimum atomic E-state index is 0.423. The van der Waals surface area contributed by atoms with Gasteiger partial charge in [-0.25, -0.2) is 4.98 Å². The molecule has 0 radical (unpaired) electrons. The first-order valence-electron chi connectivity index (χ1n) is 2.23. The molecule has 0 aliphatic rings. The van der Waals surface area contributed by atoms with E-state index in [2.05, 4.69) is 25.1 Å². The van der Waals surface area contributed by atoms with Gasteiger partial charge in [0.2, 0.25) is 0 Å². The molecule has 1 aromatic rings. The molecule has 2 nitrogen and oxygen atoms in total. The molecular formula is C5H3BrClNO. The highest BCUT2D eigenvalue weighted by Crippen LogP contribution is 2.15. The van der Waals surface area contributed by atoms with E-state index in [-0.39, 0.29) is 0 Å². The third-order valence-electron chi connectivity index (χ3n) is 0.787. The highest BCUT2D eigenvalue weighted by molar-refractivity contribution is 9.06. The summed E-state index contributed by atoms with van der Waals surface area (Å²) < 4.78 is 4.68. The third kappa shape index (κ3) is 1.84. The lowest BCUT2D eigenvalue weighted by Gasteiger charge is -1.93. The second kappa shape index (κ2) is 3.03. The maximum atomic E-state index is 5.51. The van der Waals surface area contributed by atoms with E-state index in [0.29, 0.717) is 10.9 Å². The van der Waals surface area contributed by atoms with Crippen molar-refractivity contribution in [2.45, 2.75) is 0 Å². The predicted octanol–water partition coefficient (Wildman–Crippen LogP) is 2.42. The summed E-state index contributed by atoms with van der Waals surface area (Å²) in [4.78, 5) is 3.75. The molecule has 0 saturated heterocycles. The van der Waals surface area contributed by atoms with Crippen LogP contribution in [0.5, 0.6) is 5.75 Å². The fourth-order valence-electron chi connectivity index (χ4n) is 0.433. The van der Waals surface area contributed by atoms with Crippen LogP contribution >= 0.6 is 27.9 Å². The van der Waals surface area contributed by atoms with Crippen LogP contribution in [0.25, 0.3) is 0 Å². The number of halogens is 2. The average molecular weight is 208 g/mol. The Hall–Kier alpha value is -0.280. The van der Waals surface area contributed by atoms with Gasteiger partial charge in [0, 0.05) is 12.3 Å². The minimum absolute atomic E-state index is 0.423. The van der Waals surface area contributed by atoms with Gasteiger partial charge in [-0.3, -0.25) is 0 Å². The average Bonchev–Trinajstić information content (AvgIpc) is 1.88. The molecule has 0 unspecified atom stereocenters. The number of hydrogen-bond acceptors (Lipinski definition) is 2. The summed E-state index contributed by atoms with van der Waals surface area (Å²) in [6.07, 6.45) is 1.57. The molecule has 0 aliphatic heterocycles. The molecule has 4 heteroatoms. The zero-order valence-corrected chi connectivity index (χ0v) is 6.69. The fourth-order valence-corrected chi connectivity index (χ4v) is 0.798. The Morgan fingerprint density at radius 3 is 2.89 bits per heavy atom. The van der Waals surface area contributed by atoms with Crippen LogP contribution in [0.4, 0.5) is 0 Å². The van der Waals surface area contributed by atoms with E-state index in [9.17, 15) is 0 Å². The molecule has 1 rings (SSSR count). The Morgan fingerprint density at radius 2 is 2.44 bits per heavy atom. The van der Waals surface area contributed by atoms with Crippen LogP contribution in [0.3, 0.4) is 0 Å². The highest BCUT2D eigenvalue weighted by Gasteiger charge is 1.91. The van der Waals surface area contributed by atoms with E-state index >= 15 is 0 Å². The van der Waals surface area contributed by atoms with E-state index in [4.69, 9.17) is 11.6 Å². The fraction of sp³-hybridized carbons (Fsp3) is 0. The first-order chi connectivity index (χ1) is 4.33. The van der Waals surface area contributed by atoms with E-state index in [1.54, 1.807) is 18.3 Å². The van der Waals surface area contributed by atoms with Crippen LogP contribution in [-0.4, -0.2) is 4.98 Å². The van der Waals surface area contributed by atoms with Gasteiger partial charge in [-0.05, 0) is 6.07 Å². The Balaban J connectivity index is 2.94. The van der Waals surface area contributed by atoms with Gasteiger partial charge in [0.15, 0.2) is 16.3 Å². The van der Waals surface area contributed by atoms with Gasteiger partial charge in [-0.1, -0.05) is 11.6 Å². The predicted molar refractivity (Wildman–Crippen MR) is 38.8 cm³/mol. The highest BCUT2D eigenvalue weighted by atomic mass is 79.9. The molecule has 0 spiro atoms. The largest absolute Gasteiger partial charge is 0.418 e. The zero-order chi connectivity index (χ0) is 6.69. The SMILES string of the molecule is Clc1cc(OBr)ccn1. The third-order valence-corrected chi connectivity index (χ3v) is 1.37. The summed E-state index contributed by atoms with van der Waals surface area (Å²) in [5.41, 5.74) is 0. The van der Waals surface area contributed by atoms with Crippen LogP contribution in [0, 0.1) is 0 Å². The smallest absolute Gasteiger partial charge is 0.179 e. The van der Waals surface area contributed by atoms with Crippen LogP contribution in [-0.2, 0) is 0 Å². The van der Waals surface area contributed by atoms with Crippen molar-refractivity contribution in [3.63, 3.8) is 0 Å². The lowest BCUT2D eigenvalue weighted by molar-refractivity contribution is 0.676. The molecule has 9 heavy (non-hydrogen) atoms. The molecule has 0 atom stereocenters. The summed E-state index contributed by atoms with van der Waals surface area (Å²) in [7, 11) is 0. The van der Waals surface area contributed by atoms with Crippen LogP contribution in [0.2, 0.25) is 5.15 Å². The molecule has 1 aromatic heterocycles. The molecule has 1 heterocycles. The normalized spacial score (nSPS) is 9.11. The molecule has 0 aliphatic carbocycles. The van der Waals surface area contributed by atoms with Gasteiger partial charge >= 0.3 is 0 Å². The summed E-state index contributed by atoms with van der Waals surface area (Å²) in [5, 5.41) is 0.423. The number of rotatable bonds is 1. The molecule has 0 N–H and O–H groups in total. The van der Waals surface area contributed by atoms with Crippen molar-refractivity contribution in [2.75, 3.05) is 0 Å².